The quantitative estimate of drug-likeness (QED) is 0.825. The van der Waals surface area contributed by atoms with Gasteiger partial charge in [0.25, 0.3) is 5.91 Å². The topological polar surface area (TPSA) is 42.0 Å². The molecule has 1 atom stereocenters. The van der Waals surface area contributed by atoms with Gasteiger partial charge in [-0.1, -0.05) is 0 Å². The van der Waals surface area contributed by atoms with Gasteiger partial charge in [0.15, 0.2) is 0 Å². The largest absolute Gasteiger partial charge is 0.379 e. The second-order valence-corrected chi connectivity index (χ2v) is 7.51. The number of morpholine rings is 1. The van der Waals surface area contributed by atoms with Gasteiger partial charge in [0.2, 0.25) is 0 Å². The first-order valence-electron chi connectivity index (χ1n) is 7.96. The van der Waals surface area contributed by atoms with Crippen LogP contribution in [0.1, 0.15) is 21.7 Å². The molecular formula is C16H22N2O3S. The second-order valence-electron chi connectivity index (χ2n) is 6.59. The molecule has 0 bridgehead atoms. The summed E-state index contributed by atoms with van der Waals surface area (Å²) in [6, 6.07) is 2.50. The van der Waals surface area contributed by atoms with Gasteiger partial charge >= 0.3 is 0 Å². The third-order valence-corrected chi connectivity index (χ3v) is 6.06. The predicted molar refractivity (Wildman–Crippen MR) is 84.4 cm³/mol. The van der Waals surface area contributed by atoms with Gasteiger partial charge in [-0.25, -0.2) is 0 Å². The van der Waals surface area contributed by atoms with Crippen molar-refractivity contribution >= 4 is 17.2 Å². The van der Waals surface area contributed by atoms with E-state index in [1.54, 1.807) is 0 Å². The summed E-state index contributed by atoms with van der Waals surface area (Å²) in [5, 5.41) is 1.98. The standard InChI is InChI=1S/C16H22N2O3S/c1-12-2-7-22-14(12)15(19)18-10-16(11-18)8-13(9-21-16)17-3-5-20-6-4-17/h2,7,13H,3-6,8-11H2,1H3. The van der Waals surface area contributed by atoms with Gasteiger partial charge in [-0.15, -0.1) is 11.3 Å². The highest BCUT2D eigenvalue weighted by Gasteiger charge is 2.52. The molecule has 4 heterocycles. The van der Waals surface area contributed by atoms with E-state index in [1.165, 1.54) is 11.3 Å². The molecule has 0 saturated carbocycles. The zero-order valence-corrected chi connectivity index (χ0v) is 13.7. The van der Waals surface area contributed by atoms with Crippen LogP contribution in [0.2, 0.25) is 0 Å². The van der Waals surface area contributed by atoms with Crippen LogP contribution < -0.4 is 0 Å². The van der Waals surface area contributed by atoms with E-state index in [0.717, 1.165) is 62.9 Å². The third kappa shape index (κ3) is 2.48. The lowest BCUT2D eigenvalue weighted by Gasteiger charge is -2.47. The molecule has 5 nitrogen and oxygen atoms in total. The zero-order chi connectivity index (χ0) is 15.2. The molecule has 120 valence electrons. The van der Waals surface area contributed by atoms with E-state index in [0.29, 0.717) is 6.04 Å². The summed E-state index contributed by atoms with van der Waals surface area (Å²) >= 11 is 1.54. The number of rotatable bonds is 2. The summed E-state index contributed by atoms with van der Waals surface area (Å²) < 4.78 is 11.5. The predicted octanol–water partition coefficient (Wildman–Crippen LogP) is 1.37. The van der Waals surface area contributed by atoms with E-state index >= 15 is 0 Å². The van der Waals surface area contributed by atoms with Crippen LogP contribution in [0.5, 0.6) is 0 Å². The molecule has 22 heavy (non-hydrogen) atoms. The first kappa shape index (κ1) is 14.6. The van der Waals surface area contributed by atoms with E-state index < -0.39 is 0 Å². The van der Waals surface area contributed by atoms with Gasteiger partial charge in [0.05, 0.1) is 37.8 Å². The number of ether oxygens (including phenoxy) is 2. The summed E-state index contributed by atoms with van der Waals surface area (Å²) in [5.41, 5.74) is 0.985. The fraction of sp³-hybridized carbons (Fsp3) is 0.688. The Kier molecular flexibility index (Phi) is 3.72. The van der Waals surface area contributed by atoms with Gasteiger partial charge in [-0.2, -0.15) is 0 Å². The Hall–Kier alpha value is -0.950. The molecule has 4 rings (SSSR count). The van der Waals surface area contributed by atoms with Gasteiger partial charge in [0, 0.05) is 19.1 Å². The number of hydrogen-bond acceptors (Lipinski definition) is 5. The molecule has 1 aromatic heterocycles. The highest BCUT2D eigenvalue weighted by Crippen LogP contribution is 2.38. The van der Waals surface area contributed by atoms with Crippen molar-refractivity contribution in [3.63, 3.8) is 0 Å². The maximum absolute atomic E-state index is 12.5. The average Bonchev–Trinajstić information content (AvgIpc) is 3.12. The summed E-state index contributed by atoms with van der Waals surface area (Å²) in [6.07, 6.45) is 1.04. The lowest BCUT2D eigenvalue weighted by molar-refractivity contribution is -0.0950. The number of likely N-dealkylation sites (tertiary alicyclic amines) is 1. The number of aryl methyl sites for hydroxylation is 1. The molecule has 6 heteroatoms. The Labute approximate surface area is 134 Å². The summed E-state index contributed by atoms with van der Waals surface area (Å²) in [5.74, 6) is 0.163. The molecule has 1 unspecified atom stereocenters. The molecule has 3 saturated heterocycles. The van der Waals surface area contributed by atoms with Crippen LogP contribution in [0.15, 0.2) is 11.4 Å². The van der Waals surface area contributed by atoms with Crippen molar-refractivity contribution in [3.05, 3.63) is 21.9 Å². The third-order valence-electron chi connectivity index (χ3n) is 5.05. The van der Waals surface area contributed by atoms with Crippen molar-refractivity contribution in [1.82, 2.24) is 9.80 Å². The number of thiophene rings is 1. The van der Waals surface area contributed by atoms with Crippen molar-refractivity contribution in [1.29, 1.82) is 0 Å². The number of hydrogen-bond donors (Lipinski definition) is 0. The highest BCUT2D eigenvalue weighted by atomic mass is 32.1. The summed E-state index contributed by atoms with van der Waals surface area (Å²) in [6.45, 7) is 7.92. The molecule has 0 aromatic carbocycles. The van der Waals surface area contributed by atoms with E-state index in [9.17, 15) is 4.79 Å². The Morgan fingerprint density at radius 3 is 2.82 bits per heavy atom. The Balaban J connectivity index is 1.35. The van der Waals surface area contributed by atoms with Gasteiger partial charge in [0.1, 0.15) is 5.60 Å². The van der Waals surface area contributed by atoms with Crippen LogP contribution in [-0.4, -0.2) is 73.3 Å². The maximum atomic E-state index is 12.5. The normalized spacial score (nSPS) is 28.0. The van der Waals surface area contributed by atoms with E-state index in [1.807, 2.05) is 23.3 Å². The van der Waals surface area contributed by atoms with Crippen LogP contribution in [-0.2, 0) is 9.47 Å². The molecule has 1 spiro atoms. The Morgan fingerprint density at radius 2 is 2.14 bits per heavy atom. The van der Waals surface area contributed by atoms with Crippen LogP contribution in [0.25, 0.3) is 0 Å². The van der Waals surface area contributed by atoms with Crippen LogP contribution in [0.4, 0.5) is 0 Å². The van der Waals surface area contributed by atoms with Crippen molar-refractivity contribution in [3.8, 4) is 0 Å². The number of carbonyl (C=O) groups is 1. The van der Waals surface area contributed by atoms with Crippen molar-refractivity contribution < 1.29 is 14.3 Å². The fourth-order valence-corrected chi connectivity index (χ4v) is 4.64. The SMILES string of the molecule is Cc1ccsc1C(=O)N1CC2(CC(N3CCOCC3)CO2)C1. The number of nitrogens with zero attached hydrogens (tertiary/aromatic N) is 2. The van der Waals surface area contributed by atoms with Gasteiger partial charge in [-0.3, -0.25) is 9.69 Å². The van der Waals surface area contributed by atoms with Crippen molar-refractivity contribution in [2.45, 2.75) is 25.0 Å². The molecule has 0 radical (unpaired) electrons. The molecule has 1 amide bonds. The zero-order valence-electron chi connectivity index (χ0n) is 12.9. The smallest absolute Gasteiger partial charge is 0.264 e. The second kappa shape index (κ2) is 5.60. The molecule has 3 aliphatic heterocycles. The van der Waals surface area contributed by atoms with Crippen molar-refractivity contribution in [2.75, 3.05) is 46.0 Å². The minimum atomic E-state index is -0.0935. The van der Waals surface area contributed by atoms with Crippen LogP contribution in [0.3, 0.4) is 0 Å². The molecule has 1 aromatic rings. The molecular weight excluding hydrogens is 300 g/mol. The van der Waals surface area contributed by atoms with E-state index in [4.69, 9.17) is 9.47 Å². The minimum Gasteiger partial charge on any atom is -0.379 e. The lowest BCUT2D eigenvalue weighted by atomic mass is 9.88. The monoisotopic (exact) mass is 322 g/mol. The van der Waals surface area contributed by atoms with Gasteiger partial charge < -0.3 is 14.4 Å². The fourth-order valence-electron chi connectivity index (χ4n) is 3.75. The lowest BCUT2D eigenvalue weighted by Crippen LogP contribution is -2.63. The molecule has 3 aliphatic rings. The minimum absolute atomic E-state index is 0.0935. The van der Waals surface area contributed by atoms with Crippen LogP contribution >= 0.6 is 11.3 Å². The average molecular weight is 322 g/mol. The maximum Gasteiger partial charge on any atom is 0.264 e. The van der Waals surface area contributed by atoms with Crippen LogP contribution in [0, 0.1) is 6.92 Å². The molecule has 0 N–H and O–H groups in total. The number of amides is 1. The molecule has 3 fully saturated rings. The first-order valence-corrected chi connectivity index (χ1v) is 8.84. The summed E-state index contributed by atoms with van der Waals surface area (Å²) in [7, 11) is 0. The van der Waals surface area contributed by atoms with Crippen molar-refractivity contribution in [2.24, 2.45) is 0 Å². The Morgan fingerprint density at radius 1 is 1.36 bits per heavy atom. The van der Waals surface area contributed by atoms with E-state index in [2.05, 4.69) is 4.90 Å². The number of carbonyl (C=O) groups excluding carboxylic acids is 1. The highest BCUT2D eigenvalue weighted by molar-refractivity contribution is 7.12. The Bertz CT molecular complexity index is 561. The summed E-state index contributed by atoms with van der Waals surface area (Å²) in [4.78, 5) is 17.8. The van der Waals surface area contributed by atoms with Gasteiger partial charge in [-0.05, 0) is 30.4 Å². The first-order chi connectivity index (χ1) is 10.7. The van der Waals surface area contributed by atoms with E-state index in [-0.39, 0.29) is 11.5 Å². The molecule has 0 aliphatic carbocycles.